The second-order valence-corrected chi connectivity index (χ2v) is 4.96. The van der Waals surface area contributed by atoms with Gasteiger partial charge in [-0.25, -0.2) is 9.79 Å². The lowest BCUT2D eigenvalue weighted by atomic mass is 10.1. The molecule has 0 fully saturated rings. The molecule has 0 saturated heterocycles. The zero-order chi connectivity index (χ0) is 14.2. The Labute approximate surface area is 119 Å². The minimum Gasteiger partial charge on any atom is -0.480 e. The molecule has 1 heterocycles. The van der Waals surface area contributed by atoms with Crippen LogP contribution in [0.2, 0.25) is 10.0 Å². The Morgan fingerprint density at radius 2 is 2.26 bits per heavy atom. The third kappa shape index (κ3) is 2.54. The first kappa shape index (κ1) is 14.1. The normalized spacial score (nSPS) is 19.2. The second kappa shape index (κ2) is 5.36. The van der Waals surface area contributed by atoms with Crippen LogP contribution in [0, 0.1) is 0 Å². The number of carbonyl (C=O) groups is 1. The van der Waals surface area contributed by atoms with Gasteiger partial charge < -0.3 is 10.0 Å². The molecule has 0 amide bonds. The van der Waals surface area contributed by atoms with Gasteiger partial charge in [0.2, 0.25) is 0 Å². The number of rotatable bonds is 3. The number of carboxylic acids is 1. The Balaban J connectivity index is 2.60. The van der Waals surface area contributed by atoms with Crippen molar-refractivity contribution in [2.45, 2.75) is 25.7 Å². The van der Waals surface area contributed by atoms with Gasteiger partial charge in [-0.1, -0.05) is 30.1 Å². The standard InChI is InChI=1S/C12H13Cl2N3O2/c1-2-9(11(18)19)17-5-6-8(16-12(17)15)4-3-7(13)10(6)14/h3-5,9,12H,2,15H2,1H3,(H,18,19). The van der Waals surface area contributed by atoms with E-state index in [-0.39, 0.29) is 0 Å². The Kier molecular flexibility index (Phi) is 3.99. The van der Waals surface area contributed by atoms with Crippen LogP contribution in [0.15, 0.2) is 17.1 Å². The molecule has 1 aromatic rings. The van der Waals surface area contributed by atoms with Crippen molar-refractivity contribution in [3.8, 4) is 0 Å². The van der Waals surface area contributed by atoms with Crippen LogP contribution in [0.4, 0.5) is 0 Å². The fourth-order valence-corrected chi connectivity index (χ4v) is 2.39. The molecular formula is C12H13Cl2N3O2. The highest BCUT2D eigenvalue weighted by Crippen LogP contribution is 2.17. The number of aliphatic carboxylic acids is 1. The molecule has 2 atom stereocenters. The summed E-state index contributed by atoms with van der Waals surface area (Å²) in [6.07, 6.45) is 1.28. The summed E-state index contributed by atoms with van der Waals surface area (Å²) in [6.45, 7) is 1.77. The van der Waals surface area contributed by atoms with Crippen molar-refractivity contribution < 1.29 is 9.90 Å². The van der Waals surface area contributed by atoms with E-state index in [9.17, 15) is 9.90 Å². The second-order valence-electron chi connectivity index (χ2n) is 4.18. The van der Waals surface area contributed by atoms with Crippen molar-refractivity contribution >= 4 is 35.4 Å². The molecule has 7 heteroatoms. The molecule has 3 N–H and O–H groups in total. The molecule has 1 aliphatic rings. The molecule has 1 aromatic carbocycles. The quantitative estimate of drug-likeness (QED) is 0.864. The highest BCUT2D eigenvalue weighted by molar-refractivity contribution is 6.42. The fourth-order valence-electron chi connectivity index (χ4n) is 2.01. The molecule has 0 aliphatic carbocycles. The van der Waals surface area contributed by atoms with Gasteiger partial charge >= 0.3 is 5.97 Å². The molecular weight excluding hydrogens is 289 g/mol. The van der Waals surface area contributed by atoms with Gasteiger partial charge in [0, 0.05) is 11.4 Å². The van der Waals surface area contributed by atoms with Crippen LogP contribution in [0.3, 0.4) is 0 Å². The molecule has 2 rings (SSSR count). The molecule has 0 aromatic heterocycles. The predicted molar refractivity (Wildman–Crippen MR) is 73.2 cm³/mol. The molecule has 1 aliphatic heterocycles. The Morgan fingerprint density at radius 3 is 2.84 bits per heavy atom. The summed E-state index contributed by atoms with van der Waals surface area (Å²) < 4.78 is 0. The average Bonchev–Trinajstić information content (AvgIpc) is 2.36. The van der Waals surface area contributed by atoms with E-state index < -0.39 is 18.3 Å². The first-order valence-electron chi connectivity index (χ1n) is 5.75. The number of hydrogen-bond acceptors (Lipinski definition) is 4. The first-order chi connectivity index (χ1) is 8.95. The van der Waals surface area contributed by atoms with Crippen LogP contribution < -0.4 is 16.3 Å². The smallest absolute Gasteiger partial charge is 0.326 e. The topological polar surface area (TPSA) is 78.9 Å². The molecule has 0 radical (unpaired) electrons. The third-order valence-corrected chi connectivity index (χ3v) is 3.82. The lowest BCUT2D eigenvalue weighted by Crippen LogP contribution is -2.52. The van der Waals surface area contributed by atoms with Gasteiger partial charge in [-0.2, -0.15) is 0 Å². The summed E-state index contributed by atoms with van der Waals surface area (Å²) in [5, 5.41) is 11.1. The van der Waals surface area contributed by atoms with Crippen molar-refractivity contribution in [1.29, 1.82) is 0 Å². The van der Waals surface area contributed by atoms with Gasteiger partial charge in [0.15, 0.2) is 6.29 Å². The van der Waals surface area contributed by atoms with Crippen molar-refractivity contribution in [2.75, 3.05) is 0 Å². The van der Waals surface area contributed by atoms with E-state index in [1.165, 1.54) is 4.90 Å². The first-order valence-corrected chi connectivity index (χ1v) is 6.50. The van der Waals surface area contributed by atoms with E-state index in [0.717, 1.165) is 0 Å². The van der Waals surface area contributed by atoms with Crippen LogP contribution in [-0.4, -0.2) is 28.3 Å². The van der Waals surface area contributed by atoms with Crippen molar-refractivity contribution in [3.63, 3.8) is 0 Å². The SMILES string of the molecule is CCC(C(=O)O)N1C=c2c(Cl)c(Cl)ccc2=NC1N. The zero-order valence-corrected chi connectivity index (χ0v) is 11.7. The van der Waals surface area contributed by atoms with Gasteiger partial charge in [0.05, 0.1) is 15.4 Å². The molecule has 0 bridgehead atoms. The molecule has 102 valence electrons. The Hall–Kier alpha value is -1.30. The minimum absolute atomic E-state index is 0.347. The van der Waals surface area contributed by atoms with E-state index in [1.54, 1.807) is 25.3 Å². The zero-order valence-electron chi connectivity index (χ0n) is 10.2. The Bertz CT molecular complexity index is 633. The fraction of sp³-hybridized carbons (Fsp3) is 0.333. The van der Waals surface area contributed by atoms with E-state index in [4.69, 9.17) is 28.9 Å². The number of hydrogen-bond donors (Lipinski definition) is 2. The molecule has 2 unspecified atom stereocenters. The number of nitrogens with two attached hydrogens (primary N) is 1. The van der Waals surface area contributed by atoms with Crippen LogP contribution in [0.25, 0.3) is 6.20 Å². The number of fused-ring (bicyclic) bond motifs is 1. The lowest BCUT2D eigenvalue weighted by molar-refractivity contribution is -0.142. The summed E-state index contributed by atoms with van der Waals surface area (Å²) in [7, 11) is 0. The lowest BCUT2D eigenvalue weighted by Gasteiger charge is -2.31. The summed E-state index contributed by atoms with van der Waals surface area (Å²) >= 11 is 12.1. The number of carboxylic acid groups (broad SMARTS) is 1. The number of nitrogens with zero attached hydrogens (tertiary/aromatic N) is 2. The predicted octanol–water partition coefficient (Wildman–Crippen LogP) is 0.772. The van der Waals surface area contributed by atoms with E-state index in [1.807, 2.05) is 0 Å². The van der Waals surface area contributed by atoms with Gasteiger partial charge in [-0.15, -0.1) is 0 Å². The maximum Gasteiger partial charge on any atom is 0.326 e. The maximum atomic E-state index is 11.2. The monoisotopic (exact) mass is 301 g/mol. The highest BCUT2D eigenvalue weighted by Gasteiger charge is 2.27. The van der Waals surface area contributed by atoms with Gasteiger partial charge in [-0.05, 0) is 18.6 Å². The van der Waals surface area contributed by atoms with Gasteiger partial charge in [-0.3, -0.25) is 5.73 Å². The Morgan fingerprint density at radius 1 is 1.58 bits per heavy atom. The highest BCUT2D eigenvalue weighted by atomic mass is 35.5. The minimum atomic E-state index is -0.953. The van der Waals surface area contributed by atoms with Gasteiger partial charge in [0.25, 0.3) is 0 Å². The number of benzene rings is 1. The van der Waals surface area contributed by atoms with E-state index in [0.29, 0.717) is 27.0 Å². The summed E-state index contributed by atoms with van der Waals surface area (Å²) in [4.78, 5) is 16.9. The van der Waals surface area contributed by atoms with Crippen LogP contribution in [-0.2, 0) is 4.79 Å². The van der Waals surface area contributed by atoms with E-state index >= 15 is 0 Å². The molecule has 19 heavy (non-hydrogen) atoms. The maximum absolute atomic E-state index is 11.2. The van der Waals surface area contributed by atoms with Crippen molar-refractivity contribution in [3.05, 3.63) is 32.8 Å². The largest absolute Gasteiger partial charge is 0.480 e. The average molecular weight is 302 g/mol. The molecule has 5 nitrogen and oxygen atoms in total. The van der Waals surface area contributed by atoms with E-state index in [2.05, 4.69) is 4.99 Å². The van der Waals surface area contributed by atoms with Crippen molar-refractivity contribution in [2.24, 2.45) is 10.7 Å². The molecule has 0 saturated carbocycles. The van der Waals surface area contributed by atoms with Crippen LogP contribution >= 0.6 is 23.2 Å². The van der Waals surface area contributed by atoms with Crippen LogP contribution in [0.5, 0.6) is 0 Å². The summed E-state index contributed by atoms with van der Waals surface area (Å²) in [5.41, 5.74) is 5.88. The molecule has 0 spiro atoms. The van der Waals surface area contributed by atoms with Gasteiger partial charge in [0.1, 0.15) is 6.04 Å². The summed E-state index contributed by atoms with van der Waals surface area (Å²) in [6, 6.07) is 2.59. The number of halogens is 2. The van der Waals surface area contributed by atoms with Crippen molar-refractivity contribution in [1.82, 2.24) is 4.90 Å². The summed E-state index contributed by atoms with van der Waals surface area (Å²) in [5.74, 6) is -0.953. The third-order valence-electron chi connectivity index (χ3n) is 3.00. The van der Waals surface area contributed by atoms with Crippen LogP contribution in [0.1, 0.15) is 13.3 Å².